The Kier molecular flexibility index (Phi) is 4.05. The van der Waals surface area contributed by atoms with Crippen LogP contribution in [0.25, 0.3) is 11.0 Å². The minimum Gasteiger partial charge on any atom is -0.481 e. The normalized spacial score (nSPS) is 12.2. The first-order valence-corrected chi connectivity index (χ1v) is 7.08. The summed E-state index contributed by atoms with van der Waals surface area (Å²) in [7, 11) is 0. The van der Waals surface area contributed by atoms with Gasteiger partial charge in [0, 0.05) is 18.3 Å². The maximum absolute atomic E-state index is 12.3. The molecule has 0 aliphatic carbocycles. The molecule has 0 bridgehead atoms. The van der Waals surface area contributed by atoms with Gasteiger partial charge < -0.3 is 15.4 Å². The van der Waals surface area contributed by atoms with Gasteiger partial charge in [-0.05, 0) is 18.6 Å². The highest BCUT2D eigenvalue weighted by atomic mass is 16.4. The van der Waals surface area contributed by atoms with Crippen molar-refractivity contribution in [3.63, 3.8) is 0 Å². The lowest BCUT2D eigenvalue weighted by atomic mass is 9.99. The zero-order valence-corrected chi connectivity index (χ0v) is 12.1. The molecule has 4 N–H and O–H groups in total. The number of hydrogen-bond acceptors (Lipinski definition) is 4. The van der Waals surface area contributed by atoms with Crippen molar-refractivity contribution >= 4 is 22.9 Å². The maximum Gasteiger partial charge on any atom is 0.311 e. The average Bonchev–Trinajstić information content (AvgIpc) is 3.21. The Morgan fingerprint density at radius 3 is 2.96 bits per heavy atom. The molecular formula is C15H15N5O3. The van der Waals surface area contributed by atoms with Gasteiger partial charge in [-0.3, -0.25) is 14.7 Å². The first-order valence-electron chi connectivity index (χ1n) is 7.08. The quantitative estimate of drug-likeness (QED) is 0.545. The lowest BCUT2D eigenvalue weighted by molar-refractivity contribution is -0.138. The molecule has 118 valence electrons. The fourth-order valence-corrected chi connectivity index (χ4v) is 2.46. The average molecular weight is 313 g/mol. The minimum absolute atomic E-state index is 0.238. The number of aromatic nitrogens is 4. The van der Waals surface area contributed by atoms with Gasteiger partial charge in [-0.2, -0.15) is 5.10 Å². The summed E-state index contributed by atoms with van der Waals surface area (Å²) in [6.07, 6.45) is 4.83. The smallest absolute Gasteiger partial charge is 0.311 e. The van der Waals surface area contributed by atoms with Crippen LogP contribution in [0.5, 0.6) is 0 Å². The van der Waals surface area contributed by atoms with Crippen molar-refractivity contribution in [1.29, 1.82) is 0 Å². The summed E-state index contributed by atoms with van der Waals surface area (Å²) >= 11 is 0. The molecule has 1 unspecified atom stereocenters. The monoisotopic (exact) mass is 313 g/mol. The molecule has 1 aromatic carbocycles. The van der Waals surface area contributed by atoms with E-state index in [0.29, 0.717) is 16.6 Å². The van der Waals surface area contributed by atoms with Crippen LogP contribution in [0, 0.1) is 0 Å². The van der Waals surface area contributed by atoms with Crippen LogP contribution >= 0.6 is 0 Å². The number of benzene rings is 1. The Bertz CT molecular complexity index is 825. The van der Waals surface area contributed by atoms with Gasteiger partial charge in [0.15, 0.2) is 0 Å². The third kappa shape index (κ3) is 3.05. The van der Waals surface area contributed by atoms with Crippen LogP contribution in [-0.2, 0) is 4.79 Å². The number of carbonyl (C=O) groups is 2. The number of amides is 1. The Hall–Kier alpha value is -3.16. The maximum atomic E-state index is 12.3. The number of H-pyrrole nitrogens is 2. The number of rotatable bonds is 6. The molecule has 2 aromatic heterocycles. The van der Waals surface area contributed by atoms with Gasteiger partial charge >= 0.3 is 5.97 Å². The second-order valence-corrected chi connectivity index (χ2v) is 5.07. The topological polar surface area (TPSA) is 124 Å². The molecule has 0 aliphatic rings. The van der Waals surface area contributed by atoms with Crippen LogP contribution in [0.2, 0.25) is 0 Å². The number of aliphatic carboxylic acids is 1. The number of carboxylic acid groups (broad SMARTS) is 1. The molecule has 0 spiro atoms. The van der Waals surface area contributed by atoms with Gasteiger partial charge in [-0.1, -0.05) is 6.07 Å². The van der Waals surface area contributed by atoms with E-state index in [2.05, 4.69) is 25.5 Å². The van der Waals surface area contributed by atoms with Crippen molar-refractivity contribution in [2.75, 3.05) is 6.54 Å². The van der Waals surface area contributed by atoms with Gasteiger partial charge in [-0.15, -0.1) is 0 Å². The van der Waals surface area contributed by atoms with Crippen molar-refractivity contribution in [1.82, 2.24) is 25.5 Å². The molecule has 8 heteroatoms. The van der Waals surface area contributed by atoms with E-state index in [1.165, 1.54) is 12.5 Å². The Morgan fingerprint density at radius 2 is 2.22 bits per heavy atom. The van der Waals surface area contributed by atoms with E-state index in [1.807, 2.05) is 6.07 Å². The number of nitrogens with one attached hydrogen (secondary N) is 3. The first-order chi connectivity index (χ1) is 11.2. The van der Waals surface area contributed by atoms with E-state index in [9.17, 15) is 14.7 Å². The molecular weight excluding hydrogens is 298 g/mol. The van der Waals surface area contributed by atoms with Crippen LogP contribution < -0.4 is 5.32 Å². The summed E-state index contributed by atoms with van der Waals surface area (Å²) in [5.74, 6) is -1.94. The van der Waals surface area contributed by atoms with Gasteiger partial charge in [0.2, 0.25) is 0 Å². The van der Waals surface area contributed by atoms with Gasteiger partial charge in [0.25, 0.3) is 5.91 Å². The van der Waals surface area contributed by atoms with E-state index in [1.54, 1.807) is 18.3 Å². The zero-order chi connectivity index (χ0) is 16.2. The third-order valence-corrected chi connectivity index (χ3v) is 3.63. The van der Waals surface area contributed by atoms with Gasteiger partial charge in [-0.25, -0.2) is 4.98 Å². The predicted molar refractivity (Wildman–Crippen MR) is 82.0 cm³/mol. The van der Waals surface area contributed by atoms with Crippen LogP contribution in [0.15, 0.2) is 36.9 Å². The summed E-state index contributed by atoms with van der Waals surface area (Å²) < 4.78 is 0. The van der Waals surface area contributed by atoms with E-state index < -0.39 is 11.9 Å². The van der Waals surface area contributed by atoms with E-state index in [-0.39, 0.29) is 18.9 Å². The first kappa shape index (κ1) is 14.8. The van der Waals surface area contributed by atoms with Crippen LogP contribution in [-0.4, -0.2) is 43.7 Å². The number of imidazole rings is 1. The fraction of sp³-hybridized carbons (Fsp3) is 0.200. The molecule has 0 aliphatic heterocycles. The van der Waals surface area contributed by atoms with Crippen molar-refractivity contribution in [3.05, 3.63) is 48.0 Å². The molecule has 0 saturated carbocycles. The summed E-state index contributed by atoms with van der Waals surface area (Å²) in [6, 6.07) is 5.28. The van der Waals surface area contributed by atoms with Crippen molar-refractivity contribution in [3.8, 4) is 0 Å². The van der Waals surface area contributed by atoms with E-state index >= 15 is 0 Å². The van der Waals surface area contributed by atoms with E-state index in [4.69, 9.17) is 0 Å². The lowest BCUT2D eigenvalue weighted by Gasteiger charge is -2.11. The Morgan fingerprint density at radius 1 is 1.35 bits per heavy atom. The molecule has 0 radical (unpaired) electrons. The fourth-order valence-electron chi connectivity index (χ4n) is 2.46. The number of aromatic amines is 2. The second kappa shape index (κ2) is 6.30. The SMILES string of the molecule is O=C(NCCC(C(=O)O)c1cn[nH]c1)c1cccc2[nH]cnc12. The highest BCUT2D eigenvalue weighted by molar-refractivity contribution is 6.04. The molecule has 23 heavy (non-hydrogen) atoms. The molecule has 1 amide bonds. The van der Waals surface area contributed by atoms with Gasteiger partial charge in [0.1, 0.15) is 5.52 Å². The number of hydrogen-bond donors (Lipinski definition) is 4. The van der Waals surface area contributed by atoms with Crippen LogP contribution in [0.4, 0.5) is 0 Å². The molecule has 0 fully saturated rings. The van der Waals surface area contributed by atoms with Gasteiger partial charge in [0.05, 0.1) is 29.5 Å². The van der Waals surface area contributed by atoms with E-state index in [0.717, 1.165) is 5.52 Å². The predicted octanol–water partition coefficient (Wildman–Crippen LogP) is 1.27. The molecule has 0 saturated heterocycles. The highest BCUT2D eigenvalue weighted by Gasteiger charge is 2.21. The van der Waals surface area contributed by atoms with Crippen molar-refractivity contribution in [2.45, 2.75) is 12.3 Å². The molecule has 1 atom stereocenters. The third-order valence-electron chi connectivity index (χ3n) is 3.63. The number of para-hydroxylation sites is 1. The minimum atomic E-state index is -0.949. The highest BCUT2D eigenvalue weighted by Crippen LogP contribution is 2.18. The summed E-state index contributed by atoms with van der Waals surface area (Å²) in [6.45, 7) is 0.238. The number of carbonyl (C=O) groups excluding carboxylic acids is 1. The van der Waals surface area contributed by atoms with Crippen LogP contribution in [0.3, 0.4) is 0 Å². The lowest BCUT2D eigenvalue weighted by Crippen LogP contribution is -2.27. The number of nitrogens with zero attached hydrogens (tertiary/aromatic N) is 2. The van der Waals surface area contributed by atoms with Crippen LogP contribution in [0.1, 0.15) is 28.3 Å². The number of fused-ring (bicyclic) bond motifs is 1. The summed E-state index contributed by atoms with van der Waals surface area (Å²) in [5, 5.41) is 18.4. The standard InChI is InChI=1S/C15H15N5O3/c21-14(11-2-1-3-12-13(11)18-8-17-12)16-5-4-10(15(22)23)9-6-19-20-7-9/h1-3,6-8,10H,4-5H2,(H,16,21)(H,17,18)(H,19,20)(H,22,23). The molecule has 8 nitrogen and oxygen atoms in total. The Labute approximate surface area is 130 Å². The molecule has 2 heterocycles. The molecule has 3 aromatic rings. The summed E-state index contributed by atoms with van der Waals surface area (Å²) in [5.41, 5.74) is 2.41. The second-order valence-electron chi connectivity index (χ2n) is 5.07. The van der Waals surface area contributed by atoms with Crippen molar-refractivity contribution in [2.24, 2.45) is 0 Å². The zero-order valence-electron chi connectivity index (χ0n) is 12.1. The largest absolute Gasteiger partial charge is 0.481 e. The number of carboxylic acids is 1. The Balaban J connectivity index is 1.65. The molecule has 3 rings (SSSR count). The van der Waals surface area contributed by atoms with Crippen molar-refractivity contribution < 1.29 is 14.7 Å². The summed E-state index contributed by atoms with van der Waals surface area (Å²) in [4.78, 5) is 30.7.